The highest BCUT2D eigenvalue weighted by Crippen LogP contribution is 2.31. The van der Waals surface area contributed by atoms with Crippen LogP contribution in [0.3, 0.4) is 0 Å². The van der Waals surface area contributed by atoms with E-state index in [0.717, 1.165) is 48.5 Å². The summed E-state index contributed by atoms with van der Waals surface area (Å²) in [6, 6.07) is 12.3. The van der Waals surface area contributed by atoms with Gasteiger partial charge in [-0.25, -0.2) is 0 Å². The fourth-order valence-electron chi connectivity index (χ4n) is 3.35. The zero-order chi connectivity index (χ0) is 17.8. The number of amides is 1. The van der Waals surface area contributed by atoms with Gasteiger partial charge in [0.15, 0.2) is 0 Å². The van der Waals surface area contributed by atoms with E-state index in [9.17, 15) is 4.79 Å². The van der Waals surface area contributed by atoms with E-state index < -0.39 is 0 Å². The molecule has 1 saturated heterocycles. The Kier molecular flexibility index (Phi) is 5.56. The Bertz CT molecular complexity index is 721. The lowest BCUT2D eigenvalue weighted by molar-refractivity contribution is -0.0110. The van der Waals surface area contributed by atoms with Crippen molar-refractivity contribution in [1.29, 1.82) is 0 Å². The van der Waals surface area contributed by atoms with Crippen molar-refractivity contribution in [2.75, 3.05) is 13.2 Å². The monoisotopic (exact) mass is 371 g/mol. The first-order valence-electron chi connectivity index (χ1n) is 9.47. The summed E-state index contributed by atoms with van der Waals surface area (Å²) in [5, 5.41) is 1.96. The lowest BCUT2D eigenvalue weighted by Gasteiger charge is -2.23. The minimum atomic E-state index is 0.143. The average molecular weight is 372 g/mol. The van der Waals surface area contributed by atoms with Gasteiger partial charge in [0.2, 0.25) is 0 Å². The van der Waals surface area contributed by atoms with Crippen LogP contribution in [0.1, 0.15) is 47.3 Å². The Morgan fingerprint density at radius 2 is 2.12 bits per heavy atom. The first-order valence-corrected chi connectivity index (χ1v) is 10.4. The van der Waals surface area contributed by atoms with Gasteiger partial charge in [-0.3, -0.25) is 4.79 Å². The second-order valence-electron chi connectivity index (χ2n) is 7.09. The van der Waals surface area contributed by atoms with Crippen LogP contribution in [-0.4, -0.2) is 36.2 Å². The van der Waals surface area contributed by atoms with Crippen molar-refractivity contribution in [2.45, 2.75) is 50.8 Å². The van der Waals surface area contributed by atoms with Crippen LogP contribution in [0.2, 0.25) is 0 Å². The van der Waals surface area contributed by atoms with Gasteiger partial charge in [0.25, 0.3) is 5.91 Å². The van der Waals surface area contributed by atoms with Crippen molar-refractivity contribution in [3.8, 4) is 5.75 Å². The first kappa shape index (κ1) is 17.6. The van der Waals surface area contributed by atoms with Gasteiger partial charge in [0.1, 0.15) is 12.4 Å². The van der Waals surface area contributed by atoms with E-state index in [4.69, 9.17) is 9.47 Å². The topological polar surface area (TPSA) is 38.8 Å². The molecular formula is C21H25NO3S. The lowest BCUT2D eigenvalue weighted by atomic mass is 10.1. The number of carbonyl (C=O) groups excluding carboxylic acids is 1. The third-order valence-corrected chi connectivity index (χ3v) is 5.80. The smallest absolute Gasteiger partial charge is 0.264 e. The maximum atomic E-state index is 12.8. The molecular weight excluding hydrogens is 346 g/mol. The summed E-state index contributed by atoms with van der Waals surface area (Å²) in [4.78, 5) is 15.6. The van der Waals surface area contributed by atoms with E-state index in [1.165, 1.54) is 17.8 Å². The largest absolute Gasteiger partial charge is 0.491 e. The molecule has 0 unspecified atom stereocenters. The predicted molar refractivity (Wildman–Crippen MR) is 103 cm³/mol. The summed E-state index contributed by atoms with van der Waals surface area (Å²) in [6.45, 7) is 2.08. The molecule has 1 amide bonds. The number of nitrogens with zero attached hydrogens (tertiary/aromatic N) is 1. The molecule has 0 N–H and O–H groups in total. The van der Waals surface area contributed by atoms with Crippen molar-refractivity contribution < 1.29 is 14.3 Å². The minimum absolute atomic E-state index is 0.143. The van der Waals surface area contributed by atoms with Crippen molar-refractivity contribution in [2.24, 2.45) is 0 Å². The number of hydrogen-bond acceptors (Lipinski definition) is 4. The van der Waals surface area contributed by atoms with Crippen LogP contribution in [-0.2, 0) is 11.3 Å². The molecule has 1 aliphatic heterocycles. The summed E-state index contributed by atoms with van der Waals surface area (Å²) in [6.07, 6.45) is 5.86. The van der Waals surface area contributed by atoms with E-state index >= 15 is 0 Å². The molecule has 2 heterocycles. The second kappa shape index (κ2) is 8.23. The maximum absolute atomic E-state index is 12.8. The summed E-state index contributed by atoms with van der Waals surface area (Å²) in [5.41, 5.74) is 1.11. The van der Waals surface area contributed by atoms with E-state index in [1.807, 2.05) is 34.5 Å². The molecule has 1 aromatic carbocycles. The third-order valence-electron chi connectivity index (χ3n) is 4.94. The Balaban J connectivity index is 1.39. The molecule has 0 bridgehead atoms. The SMILES string of the molecule is O=C(c1cccs1)N(Cc1cccc(OC[C@@H]2CCCCO2)c1)C1CC1. The van der Waals surface area contributed by atoms with Crippen molar-refractivity contribution in [3.63, 3.8) is 0 Å². The van der Waals surface area contributed by atoms with Crippen molar-refractivity contribution >= 4 is 17.2 Å². The number of benzene rings is 1. The number of ether oxygens (including phenoxy) is 2. The molecule has 4 nitrogen and oxygen atoms in total. The normalized spacial score (nSPS) is 19.9. The van der Waals surface area contributed by atoms with E-state index in [0.29, 0.717) is 19.2 Å². The second-order valence-corrected chi connectivity index (χ2v) is 8.04. The van der Waals surface area contributed by atoms with E-state index in [-0.39, 0.29) is 12.0 Å². The summed E-state index contributed by atoms with van der Waals surface area (Å²) in [5.74, 6) is 1.00. The molecule has 138 valence electrons. The Morgan fingerprint density at radius 3 is 2.85 bits per heavy atom. The van der Waals surface area contributed by atoms with Crippen LogP contribution in [0.25, 0.3) is 0 Å². The van der Waals surface area contributed by atoms with Crippen LogP contribution in [0.15, 0.2) is 41.8 Å². The Hall–Kier alpha value is -1.85. The standard InChI is InChI=1S/C21H25NO3S/c23-21(20-8-4-12-26-20)22(17-9-10-17)14-16-5-3-7-18(13-16)25-15-19-6-1-2-11-24-19/h3-5,7-8,12-13,17,19H,1-2,6,9-11,14-15H2/t19-/m0/s1. The molecule has 0 spiro atoms. The van der Waals surface area contributed by atoms with Crippen LogP contribution in [0.5, 0.6) is 5.75 Å². The summed E-state index contributed by atoms with van der Waals surface area (Å²) >= 11 is 1.51. The van der Waals surface area contributed by atoms with Gasteiger partial charge < -0.3 is 14.4 Å². The maximum Gasteiger partial charge on any atom is 0.264 e. The number of thiophene rings is 1. The highest BCUT2D eigenvalue weighted by molar-refractivity contribution is 7.12. The van der Waals surface area contributed by atoms with Gasteiger partial charge >= 0.3 is 0 Å². The molecule has 2 fully saturated rings. The summed E-state index contributed by atoms with van der Waals surface area (Å²) < 4.78 is 11.7. The lowest BCUT2D eigenvalue weighted by Crippen LogP contribution is -2.32. The van der Waals surface area contributed by atoms with Gasteiger partial charge in [-0.1, -0.05) is 18.2 Å². The van der Waals surface area contributed by atoms with Gasteiger partial charge in [0, 0.05) is 19.2 Å². The Labute approximate surface area is 158 Å². The fourth-order valence-corrected chi connectivity index (χ4v) is 4.03. The predicted octanol–water partition coefficient (Wildman–Crippen LogP) is 4.50. The zero-order valence-electron chi connectivity index (χ0n) is 14.9. The highest BCUT2D eigenvalue weighted by atomic mass is 32.1. The van der Waals surface area contributed by atoms with Gasteiger partial charge in [-0.15, -0.1) is 11.3 Å². The first-order chi connectivity index (χ1) is 12.8. The molecule has 1 atom stereocenters. The van der Waals surface area contributed by atoms with Crippen LogP contribution in [0.4, 0.5) is 0 Å². The van der Waals surface area contributed by atoms with Gasteiger partial charge in [-0.2, -0.15) is 0 Å². The van der Waals surface area contributed by atoms with Gasteiger partial charge in [0.05, 0.1) is 11.0 Å². The average Bonchev–Trinajstić information content (AvgIpc) is 3.38. The number of rotatable bonds is 7. The van der Waals surface area contributed by atoms with Crippen molar-refractivity contribution in [3.05, 3.63) is 52.2 Å². The molecule has 1 aromatic heterocycles. The van der Waals surface area contributed by atoms with Gasteiger partial charge in [-0.05, 0) is 61.2 Å². The molecule has 4 rings (SSSR count). The van der Waals surface area contributed by atoms with Crippen LogP contribution in [0, 0.1) is 0 Å². The zero-order valence-corrected chi connectivity index (χ0v) is 15.7. The minimum Gasteiger partial charge on any atom is -0.491 e. The molecule has 0 radical (unpaired) electrons. The molecule has 1 saturated carbocycles. The third kappa shape index (κ3) is 4.46. The van der Waals surface area contributed by atoms with Crippen LogP contribution < -0.4 is 4.74 Å². The molecule has 1 aliphatic carbocycles. The number of carbonyl (C=O) groups is 1. The quantitative estimate of drug-likeness (QED) is 0.719. The molecule has 2 aromatic rings. The molecule has 5 heteroatoms. The molecule has 26 heavy (non-hydrogen) atoms. The Morgan fingerprint density at radius 1 is 1.19 bits per heavy atom. The summed E-state index contributed by atoms with van der Waals surface area (Å²) in [7, 11) is 0. The van der Waals surface area contributed by atoms with E-state index in [2.05, 4.69) is 12.1 Å². The highest BCUT2D eigenvalue weighted by Gasteiger charge is 2.33. The molecule has 2 aliphatic rings. The number of hydrogen-bond donors (Lipinski definition) is 0. The van der Waals surface area contributed by atoms with E-state index in [1.54, 1.807) is 0 Å². The fraction of sp³-hybridized carbons (Fsp3) is 0.476. The van der Waals surface area contributed by atoms with Crippen molar-refractivity contribution in [1.82, 2.24) is 4.90 Å². The van der Waals surface area contributed by atoms with Crippen LogP contribution >= 0.6 is 11.3 Å².